The zero-order chi connectivity index (χ0) is 23.6. The molecule has 0 fully saturated rings. The molecule has 32 heavy (non-hydrogen) atoms. The summed E-state index contributed by atoms with van der Waals surface area (Å²) >= 11 is 0. The van der Waals surface area contributed by atoms with E-state index in [1.54, 1.807) is 6.92 Å². The number of aromatic hydroxyl groups is 1. The van der Waals surface area contributed by atoms with Crippen LogP contribution in [0.15, 0.2) is 60.9 Å². The summed E-state index contributed by atoms with van der Waals surface area (Å²) in [7, 11) is 4.09. The molecule has 2 heterocycles. The number of pyridine rings is 2. The van der Waals surface area contributed by atoms with E-state index in [4.69, 9.17) is 14.9 Å². The normalized spacial score (nSPS) is 12.7. The Kier molecular flexibility index (Phi) is 9.74. The Labute approximate surface area is 190 Å². The van der Waals surface area contributed by atoms with E-state index in [2.05, 4.69) is 33.9 Å². The lowest BCUT2D eigenvalue weighted by Crippen LogP contribution is -2.32. The quantitative estimate of drug-likeness (QED) is 0.496. The topological polar surface area (TPSA) is 98.9 Å². The predicted octanol–water partition coefficient (Wildman–Crippen LogP) is 3.00. The van der Waals surface area contributed by atoms with Gasteiger partial charge in [0.25, 0.3) is 0 Å². The monoisotopic (exact) mass is 439 g/mol. The summed E-state index contributed by atoms with van der Waals surface area (Å²) in [5, 5.41) is 27.0. The Hall–Kier alpha value is -2.84. The van der Waals surface area contributed by atoms with Gasteiger partial charge in [-0.2, -0.15) is 0 Å². The Balaban J connectivity index is 0.000000258. The van der Waals surface area contributed by atoms with Crippen molar-refractivity contribution in [2.24, 2.45) is 0 Å². The third kappa shape index (κ3) is 6.58. The molecule has 3 aromatic rings. The van der Waals surface area contributed by atoms with Crippen molar-refractivity contribution in [3.63, 3.8) is 0 Å². The highest BCUT2D eigenvalue weighted by atomic mass is 16.5. The smallest absolute Gasteiger partial charge is 0.142 e. The van der Waals surface area contributed by atoms with Crippen LogP contribution >= 0.6 is 0 Å². The summed E-state index contributed by atoms with van der Waals surface area (Å²) in [6.07, 6.45) is 3.26. The summed E-state index contributed by atoms with van der Waals surface area (Å²) < 4.78 is 6.21. The molecule has 3 rings (SSSR count). The molecule has 3 N–H and O–H groups in total. The molecule has 1 atom stereocenters. The molecule has 2 aromatic heterocycles. The van der Waals surface area contributed by atoms with Crippen molar-refractivity contribution >= 4 is 0 Å². The summed E-state index contributed by atoms with van der Waals surface area (Å²) in [5.74, 6) is -0.0379. The molecule has 0 aliphatic heterocycles. The van der Waals surface area contributed by atoms with Gasteiger partial charge in [-0.1, -0.05) is 36.4 Å². The number of hydrogen-bond donors (Lipinski definition) is 3. The zero-order valence-corrected chi connectivity index (χ0v) is 19.2. The van der Waals surface area contributed by atoms with Crippen molar-refractivity contribution in [2.75, 3.05) is 27.2 Å². The summed E-state index contributed by atoms with van der Waals surface area (Å²) in [5.41, 5.74) is 2.81. The van der Waals surface area contributed by atoms with Gasteiger partial charge in [0.05, 0.1) is 31.2 Å². The summed E-state index contributed by atoms with van der Waals surface area (Å²) in [4.78, 5) is 10.4. The van der Waals surface area contributed by atoms with Crippen LogP contribution in [0.2, 0.25) is 0 Å². The third-order valence-electron chi connectivity index (χ3n) is 5.17. The number of aryl methyl sites for hydroxylation is 1. The lowest BCUT2D eigenvalue weighted by Gasteiger charge is -2.30. The van der Waals surface area contributed by atoms with Crippen LogP contribution in [0.5, 0.6) is 5.75 Å². The van der Waals surface area contributed by atoms with E-state index in [1.165, 1.54) is 6.20 Å². The molecule has 7 heteroatoms. The van der Waals surface area contributed by atoms with Crippen LogP contribution in [-0.2, 0) is 23.6 Å². The van der Waals surface area contributed by atoms with Gasteiger partial charge >= 0.3 is 0 Å². The SMILES string of the molecule is CN(C)CCOC(C)(c1ccccc1)c1ccccn1.Cc1ncc(CO)c(CO)c1O. The van der Waals surface area contributed by atoms with E-state index in [9.17, 15) is 5.11 Å². The number of likely N-dealkylation sites (N-methyl/N-ethyl adjacent to an activating group) is 1. The van der Waals surface area contributed by atoms with Crippen molar-refractivity contribution < 1.29 is 20.1 Å². The largest absolute Gasteiger partial charge is 0.506 e. The molecule has 0 spiro atoms. The predicted molar refractivity (Wildman–Crippen MR) is 124 cm³/mol. The fourth-order valence-electron chi connectivity index (χ4n) is 3.14. The highest BCUT2D eigenvalue weighted by molar-refractivity contribution is 5.39. The first-order valence-corrected chi connectivity index (χ1v) is 10.5. The molecule has 172 valence electrons. The molecule has 1 aromatic carbocycles. The number of rotatable bonds is 8. The highest BCUT2D eigenvalue weighted by Gasteiger charge is 2.31. The minimum atomic E-state index is -0.515. The number of nitrogens with zero attached hydrogens (tertiary/aromatic N) is 3. The van der Waals surface area contributed by atoms with Gasteiger partial charge in [0.2, 0.25) is 0 Å². The first kappa shape index (κ1) is 25.4. The van der Waals surface area contributed by atoms with Gasteiger partial charge in [-0.3, -0.25) is 9.97 Å². The van der Waals surface area contributed by atoms with Gasteiger partial charge in [-0.15, -0.1) is 0 Å². The highest BCUT2D eigenvalue weighted by Crippen LogP contribution is 2.31. The van der Waals surface area contributed by atoms with E-state index < -0.39 is 5.60 Å². The Bertz CT molecular complexity index is 911. The minimum absolute atomic E-state index is 0.0379. The first-order chi connectivity index (χ1) is 15.3. The van der Waals surface area contributed by atoms with Crippen LogP contribution in [0.1, 0.15) is 35.0 Å². The number of benzene rings is 1. The Morgan fingerprint density at radius 2 is 1.66 bits per heavy atom. The lowest BCUT2D eigenvalue weighted by atomic mass is 9.91. The molecule has 0 saturated carbocycles. The van der Waals surface area contributed by atoms with Crippen LogP contribution in [0.3, 0.4) is 0 Å². The maximum atomic E-state index is 9.38. The van der Waals surface area contributed by atoms with Gasteiger partial charge in [0.1, 0.15) is 11.4 Å². The number of hydrogen-bond acceptors (Lipinski definition) is 7. The first-order valence-electron chi connectivity index (χ1n) is 10.5. The van der Waals surface area contributed by atoms with E-state index in [0.29, 0.717) is 23.4 Å². The van der Waals surface area contributed by atoms with Crippen LogP contribution in [0, 0.1) is 6.92 Å². The van der Waals surface area contributed by atoms with Crippen molar-refractivity contribution in [3.05, 3.63) is 89.0 Å². The number of aliphatic hydroxyl groups is 2. The van der Waals surface area contributed by atoms with Gasteiger partial charge in [-0.05, 0) is 45.6 Å². The fourth-order valence-corrected chi connectivity index (χ4v) is 3.14. The standard InChI is InChI=1S/C17H22N2O.C8H11NO3/c1-17(20-14-13-19(2)3,15-9-5-4-6-10-15)16-11-7-8-12-18-16;1-5-8(12)7(4-11)6(3-10)2-9-5/h4-12H,13-14H2,1-3H3;2,10-12H,3-4H2,1H3. The van der Waals surface area contributed by atoms with Crippen LogP contribution < -0.4 is 0 Å². The molecular formula is C25H33N3O4. The van der Waals surface area contributed by atoms with E-state index in [1.807, 2.05) is 56.7 Å². The fraction of sp³-hybridized carbons (Fsp3) is 0.360. The number of ether oxygens (including phenoxy) is 1. The average Bonchev–Trinajstić information content (AvgIpc) is 2.82. The minimum Gasteiger partial charge on any atom is -0.506 e. The van der Waals surface area contributed by atoms with Gasteiger partial charge < -0.3 is 25.0 Å². The second-order valence-corrected chi connectivity index (χ2v) is 7.78. The number of aromatic nitrogens is 2. The van der Waals surface area contributed by atoms with Crippen LogP contribution in [-0.4, -0.2) is 57.4 Å². The lowest BCUT2D eigenvalue weighted by molar-refractivity contribution is -0.0131. The van der Waals surface area contributed by atoms with Crippen molar-refractivity contribution in [1.82, 2.24) is 14.9 Å². The van der Waals surface area contributed by atoms with Crippen LogP contribution in [0.25, 0.3) is 0 Å². The molecular weight excluding hydrogens is 406 g/mol. The Morgan fingerprint density at radius 3 is 2.22 bits per heavy atom. The molecule has 0 bridgehead atoms. The molecule has 7 nitrogen and oxygen atoms in total. The van der Waals surface area contributed by atoms with Crippen molar-refractivity contribution in [3.8, 4) is 5.75 Å². The maximum Gasteiger partial charge on any atom is 0.142 e. The summed E-state index contributed by atoms with van der Waals surface area (Å²) in [6.45, 7) is 4.75. The van der Waals surface area contributed by atoms with Gasteiger partial charge in [0, 0.05) is 30.1 Å². The molecule has 0 radical (unpaired) electrons. The number of aliphatic hydroxyl groups excluding tert-OH is 2. The molecule has 0 amide bonds. The average molecular weight is 440 g/mol. The van der Waals surface area contributed by atoms with E-state index in [0.717, 1.165) is 17.8 Å². The Morgan fingerprint density at radius 1 is 0.969 bits per heavy atom. The second kappa shape index (κ2) is 12.3. The molecule has 0 aliphatic rings. The van der Waals surface area contributed by atoms with Gasteiger partial charge in [-0.25, -0.2) is 0 Å². The van der Waals surface area contributed by atoms with Crippen molar-refractivity contribution in [2.45, 2.75) is 32.7 Å². The van der Waals surface area contributed by atoms with Crippen molar-refractivity contribution in [1.29, 1.82) is 0 Å². The zero-order valence-electron chi connectivity index (χ0n) is 19.2. The maximum absolute atomic E-state index is 9.38. The molecule has 0 aliphatic carbocycles. The van der Waals surface area contributed by atoms with E-state index in [-0.39, 0.29) is 19.0 Å². The second-order valence-electron chi connectivity index (χ2n) is 7.78. The summed E-state index contributed by atoms with van der Waals surface area (Å²) in [6, 6.07) is 16.2. The van der Waals surface area contributed by atoms with Crippen LogP contribution in [0.4, 0.5) is 0 Å². The van der Waals surface area contributed by atoms with E-state index >= 15 is 0 Å². The van der Waals surface area contributed by atoms with Gasteiger partial charge in [0.15, 0.2) is 0 Å². The third-order valence-corrected chi connectivity index (χ3v) is 5.17. The molecule has 1 unspecified atom stereocenters. The molecule has 0 saturated heterocycles.